The van der Waals surface area contributed by atoms with Gasteiger partial charge in [-0.1, -0.05) is 0 Å². The van der Waals surface area contributed by atoms with Gasteiger partial charge in [-0.25, -0.2) is 4.39 Å². The summed E-state index contributed by atoms with van der Waals surface area (Å²) in [4.78, 5) is 0. The molecule has 6 nitrogen and oxygen atoms in total. The van der Waals surface area contributed by atoms with Crippen molar-refractivity contribution in [3.8, 4) is 0 Å². The molecule has 6 N–H and O–H groups in total. The smallest absolute Gasteiger partial charge is 0.150 e. The van der Waals surface area contributed by atoms with Crippen LogP contribution in [0, 0.1) is 0 Å². The van der Waals surface area contributed by atoms with Crippen molar-refractivity contribution in [2.24, 2.45) is 0 Å². The highest BCUT2D eigenvalue weighted by molar-refractivity contribution is 5.08. The van der Waals surface area contributed by atoms with Crippen LogP contribution in [-0.4, -0.2) is 73.4 Å². The summed E-state index contributed by atoms with van der Waals surface area (Å²) in [6.45, 7) is -1.55. The summed E-state index contributed by atoms with van der Waals surface area (Å²) in [5.74, 6) is 0. The normalized spacial score (nSPS) is 54.6. The van der Waals surface area contributed by atoms with Crippen molar-refractivity contribution in [1.29, 1.82) is 0 Å². The largest absolute Gasteiger partial charge is 0.387 e. The third-order valence-corrected chi connectivity index (χ3v) is 2.59. The zero-order valence-electron chi connectivity index (χ0n) is 7.16. The first kappa shape index (κ1) is 11.8. The van der Waals surface area contributed by atoms with Crippen LogP contribution < -0.4 is 0 Å². The molecule has 4 atom stereocenters. The molecule has 0 aliphatic heterocycles. The summed E-state index contributed by atoms with van der Waals surface area (Å²) < 4.78 is 12.4. The average molecular weight is 212 g/mol. The molecule has 1 aliphatic carbocycles. The molecule has 7 heteroatoms. The monoisotopic (exact) mass is 212 g/mol. The van der Waals surface area contributed by atoms with Gasteiger partial charge in [-0.2, -0.15) is 0 Å². The molecule has 14 heavy (non-hydrogen) atoms. The first-order chi connectivity index (χ1) is 6.36. The summed E-state index contributed by atoms with van der Waals surface area (Å²) in [6.07, 6.45) is -9.75. The van der Waals surface area contributed by atoms with Crippen LogP contribution in [0.5, 0.6) is 0 Å². The number of hydrogen-bond acceptors (Lipinski definition) is 6. The molecule has 0 aromatic heterocycles. The molecule has 84 valence electrons. The van der Waals surface area contributed by atoms with E-state index in [1.165, 1.54) is 0 Å². The maximum absolute atomic E-state index is 12.4. The van der Waals surface area contributed by atoms with Crippen molar-refractivity contribution in [3.05, 3.63) is 0 Å². The SMILES string of the molecule is OC1[C@@H](O)[C@H](O)C(O)(CF)[C@@H](O)[C@@H]1O. The molecule has 0 unspecified atom stereocenters. The molecule has 0 spiro atoms. The molecular weight excluding hydrogens is 199 g/mol. The molecule has 0 heterocycles. The van der Waals surface area contributed by atoms with Crippen molar-refractivity contribution in [3.63, 3.8) is 0 Å². The van der Waals surface area contributed by atoms with Crippen molar-refractivity contribution < 1.29 is 35.0 Å². The van der Waals surface area contributed by atoms with Crippen LogP contribution in [-0.2, 0) is 0 Å². The lowest BCUT2D eigenvalue weighted by molar-refractivity contribution is -0.271. The van der Waals surface area contributed by atoms with E-state index in [-0.39, 0.29) is 0 Å². The maximum atomic E-state index is 12.4. The highest BCUT2D eigenvalue weighted by atomic mass is 19.1. The molecule has 0 bridgehead atoms. The second-order valence-corrected chi connectivity index (χ2v) is 3.49. The van der Waals surface area contributed by atoms with Gasteiger partial charge < -0.3 is 30.6 Å². The Kier molecular flexibility index (Phi) is 3.10. The minimum Gasteiger partial charge on any atom is -0.387 e. The number of rotatable bonds is 1. The second kappa shape index (κ2) is 3.69. The predicted octanol–water partition coefficient (Wildman–Crippen LogP) is -3.49. The Morgan fingerprint density at radius 1 is 0.857 bits per heavy atom. The van der Waals surface area contributed by atoms with Crippen molar-refractivity contribution in [1.82, 2.24) is 0 Å². The number of aliphatic hydroxyl groups is 6. The molecule has 0 aromatic carbocycles. The number of halogens is 1. The standard InChI is InChI=1S/C7H13FO6/c8-1-7(14)5(12)3(10)2(9)4(11)6(7)13/h2-6,9-14H,1H2/t2?,3-,4-,5+,6+,7?/m1/s1. The van der Waals surface area contributed by atoms with Crippen LogP contribution in [0.1, 0.15) is 0 Å². The van der Waals surface area contributed by atoms with Gasteiger partial charge in [0.15, 0.2) is 0 Å². The molecular formula is C7H13FO6. The summed E-state index contributed by atoms with van der Waals surface area (Å²) in [6, 6.07) is 0. The van der Waals surface area contributed by atoms with Crippen LogP contribution >= 0.6 is 0 Å². The highest BCUT2D eigenvalue weighted by Gasteiger charge is 2.57. The van der Waals surface area contributed by atoms with E-state index < -0.39 is 42.8 Å². The zero-order valence-corrected chi connectivity index (χ0v) is 7.16. The van der Waals surface area contributed by atoms with Crippen LogP contribution in [0.25, 0.3) is 0 Å². The Balaban J connectivity index is 2.98. The zero-order chi connectivity index (χ0) is 11.1. The van der Waals surface area contributed by atoms with Crippen LogP contribution in [0.2, 0.25) is 0 Å². The fourth-order valence-electron chi connectivity index (χ4n) is 1.50. The molecule has 0 aromatic rings. The predicted molar refractivity (Wildman–Crippen MR) is 41.0 cm³/mol. The minimum atomic E-state index is -2.65. The third kappa shape index (κ3) is 1.42. The van der Waals surface area contributed by atoms with Crippen molar-refractivity contribution in [2.45, 2.75) is 36.1 Å². The van der Waals surface area contributed by atoms with Gasteiger partial charge in [0.2, 0.25) is 0 Å². The third-order valence-electron chi connectivity index (χ3n) is 2.59. The molecule has 0 amide bonds. The summed E-state index contributed by atoms with van der Waals surface area (Å²) in [5, 5.41) is 55.0. The van der Waals surface area contributed by atoms with Gasteiger partial charge in [0.05, 0.1) is 0 Å². The fourth-order valence-corrected chi connectivity index (χ4v) is 1.50. The summed E-state index contributed by atoms with van der Waals surface area (Å²) in [5.41, 5.74) is -2.65. The van der Waals surface area contributed by atoms with E-state index in [9.17, 15) is 19.7 Å². The van der Waals surface area contributed by atoms with E-state index in [2.05, 4.69) is 0 Å². The van der Waals surface area contributed by atoms with E-state index >= 15 is 0 Å². The first-order valence-electron chi connectivity index (χ1n) is 4.05. The Morgan fingerprint density at radius 2 is 1.21 bits per heavy atom. The van der Waals surface area contributed by atoms with Crippen molar-refractivity contribution in [2.75, 3.05) is 6.67 Å². The van der Waals surface area contributed by atoms with Gasteiger partial charge >= 0.3 is 0 Å². The van der Waals surface area contributed by atoms with E-state index in [4.69, 9.17) is 15.3 Å². The topological polar surface area (TPSA) is 121 Å². The Hall–Kier alpha value is -0.310. The maximum Gasteiger partial charge on any atom is 0.150 e. The van der Waals surface area contributed by atoms with E-state index in [1.54, 1.807) is 0 Å². The lowest BCUT2D eigenvalue weighted by Gasteiger charge is -2.46. The quantitative estimate of drug-likeness (QED) is 0.268. The lowest BCUT2D eigenvalue weighted by Crippen LogP contribution is -2.71. The van der Waals surface area contributed by atoms with Gasteiger partial charge in [0, 0.05) is 0 Å². The Labute approximate surface area is 78.9 Å². The molecule has 0 saturated heterocycles. The average Bonchev–Trinajstić information content (AvgIpc) is 2.21. The summed E-state index contributed by atoms with van der Waals surface area (Å²) >= 11 is 0. The molecule has 0 radical (unpaired) electrons. The van der Waals surface area contributed by atoms with Gasteiger partial charge in [-0.3, -0.25) is 0 Å². The fraction of sp³-hybridized carbons (Fsp3) is 1.00. The molecule has 1 aliphatic rings. The second-order valence-electron chi connectivity index (χ2n) is 3.49. The summed E-state index contributed by atoms with van der Waals surface area (Å²) in [7, 11) is 0. The number of hydrogen-bond donors (Lipinski definition) is 6. The van der Waals surface area contributed by atoms with Crippen LogP contribution in [0.3, 0.4) is 0 Å². The lowest BCUT2D eigenvalue weighted by atomic mass is 9.75. The van der Waals surface area contributed by atoms with Gasteiger partial charge in [-0.15, -0.1) is 0 Å². The minimum absolute atomic E-state index is 1.55. The highest BCUT2D eigenvalue weighted by Crippen LogP contribution is 2.30. The molecule has 1 rings (SSSR count). The Morgan fingerprint density at radius 3 is 1.50 bits per heavy atom. The van der Waals surface area contributed by atoms with Crippen LogP contribution in [0.15, 0.2) is 0 Å². The Bertz CT molecular complexity index is 196. The number of alkyl halides is 1. The van der Waals surface area contributed by atoms with E-state index in [0.29, 0.717) is 0 Å². The van der Waals surface area contributed by atoms with Gasteiger partial charge in [0.25, 0.3) is 0 Å². The van der Waals surface area contributed by atoms with Gasteiger partial charge in [-0.05, 0) is 0 Å². The molecule has 1 fully saturated rings. The first-order valence-corrected chi connectivity index (χ1v) is 4.05. The van der Waals surface area contributed by atoms with Crippen molar-refractivity contribution >= 4 is 0 Å². The van der Waals surface area contributed by atoms with Gasteiger partial charge in [0.1, 0.15) is 42.8 Å². The van der Waals surface area contributed by atoms with E-state index in [1.807, 2.05) is 0 Å². The number of aliphatic hydroxyl groups excluding tert-OH is 5. The van der Waals surface area contributed by atoms with Crippen LogP contribution in [0.4, 0.5) is 4.39 Å². The molecule has 1 saturated carbocycles. The van der Waals surface area contributed by atoms with E-state index in [0.717, 1.165) is 0 Å².